The van der Waals surface area contributed by atoms with Crippen LogP contribution in [0.1, 0.15) is 43.6 Å². The Bertz CT molecular complexity index is 871. The fourth-order valence-electron chi connectivity index (χ4n) is 3.18. The summed E-state index contributed by atoms with van der Waals surface area (Å²) in [6, 6.07) is 3.24. The molecule has 0 saturated heterocycles. The molecule has 1 aliphatic heterocycles. The maximum absolute atomic E-state index is 12.1. The molecule has 2 rings (SSSR count). The molecule has 0 saturated carbocycles. The molecule has 0 bridgehead atoms. The number of carbonyl (C=O) groups excluding carboxylic acids is 2. The quantitative estimate of drug-likeness (QED) is 0.481. The predicted octanol–water partition coefficient (Wildman–Crippen LogP) is 2.38. The molecule has 31 heavy (non-hydrogen) atoms. The number of hydrogen-bond acceptors (Lipinski definition) is 9. The number of ether oxygens (including phenoxy) is 2. The number of nitrogens with zero attached hydrogens (tertiary/aromatic N) is 1. The van der Waals surface area contributed by atoms with E-state index < -0.39 is 16.8 Å². The van der Waals surface area contributed by atoms with Crippen molar-refractivity contribution in [2.24, 2.45) is 10.8 Å². The Morgan fingerprint density at radius 1 is 1.06 bits per heavy atom. The van der Waals surface area contributed by atoms with Gasteiger partial charge in [-0.15, -0.1) is 0 Å². The van der Waals surface area contributed by atoms with E-state index in [9.17, 15) is 19.5 Å². The topological polar surface area (TPSA) is 117 Å². The van der Waals surface area contributed by atoms with E-state index in [0.29, 0.717) is 13.1 Å². The van der Waals surface area contributed by atoms with Crippen LogP contribution in [0.15, 0.2) is 17.0 Å². The van der Waals surface area contributed by atoms with E-state index in [1.165, 1.54) is 26.0 Å². The van der Waals surface area contributed by atoms with Gasteiger partial charge in [0, 0.05) is 18.0 Å². The molecule has 1 aromatic carbocycles. The molecule has 172 valence electrons. The molecule has 1 aromatic rings. The number of esters is 2. The Balaban J connectivity index is 2.32. The zero-order chi connectivity index (χ0) is 23.6. The van der Waals surface area contributed by atoms with Crippen LogP contribution in [0.4, 0.5) is 5.69 Å². The minimum absolute atomic E-state index is 0.203. The van der Waals surface area contributed by atoms with E-state index in [2.05, 4.69) is 10.7 Å². The first-order valence-corrected chi connectivity index (χ1v) is 10.7. The van der Waals surface area contributed by atoms with Gasteiger partial charge in [0.2, 0.25) is 0 Å². The molecule has 1 unspecified atom stereocenters. The lowest BCUT2D eigenvalue weighted by molar-refractivity contribution is -0.151. The largest absolute Gasteiger partial charge is 0.478 e. The summed E-state index contributed by atoms with van der Waals surface area (Å²) < 4.78 is 9.77. The van der Waals surface area contributed by atoms with Crippen molar-refractivity contribution in [2.75, 3.05) is 32.3 Å². The summed E-state index contributed by atoms with van der Waals surface area (Å²) in [5, 5.41) is 14.6. The molecule has 9 nitrogen and oxygen atoms in total. The first-order chi connectivity index (χ1) is 14.3. The van der Waals surface area contributed by atoms with Crippen molar-refractivity contribution in [3.63, 3.8) is 0 Å². The normalized spacial score (nSPS) is 16.1. The molecule has 0 radical (unpaired) electrons. The SMILES string of the molecule is COC(=O)C(C)(C)CNC1Sc2cc(C(=O)O)cc(C)c2N1NCC(C)(C)C(=O)OC. The summed E-state index contributed by atoms with van der Waals surface area (Å²) in [4.78, 5) is 36.4. The van der Waals surface area contributed by atoms with Crippen molar-refractivity contribution in [2.45, 2.75) is 45.0 Å². The van der Waals surface area contributed by atoms with Gasteiger partial charge in [-0.1, -0.05) is 11.8 Å². The Hall–Kier alpha value is -2.30. The van der Waals surface area contributed by atoms with Gasteiger partial charge in [-0.05, 0) is 52.3 Å². The maximum atomic E-state index is 12.1. The highest BCUT2D eigenvalue weighted by molar-refractivity contribution is 8.00. The number of anilines is 1. The second kappa shape index (κ2) is 9.46. The summed E-state index contributed by atoms with van der Waals surface area (Å²) in [5.41, 5.74) is 3.22. The fraction of sp³-hybridized carbons (Fsp3) is 0.571. The Kier molecular flexibility index (Phi) is 7.61. The van der Waals surface area contributed by atoms with Crippen molar-refractivity contribution < 1.29 is 29.0 Å². The molecule has 0 aromatic heterocycles. The number of benzene rings is 1. The number of carboxylic acids is 1. The lowest BCUT2D eigenvalue weighted by Gasteiger charge is -2.33. The molecule has 1 heterocycles. The van der Waals surface area contributed by atoms with Crippen LogP contribution in [0.2, 0.25) is 0 Å². The molecule has 0 spiro atoms. The Labute approximate surface area is 186 Å². The lowest BCUT2D eigenvalue weighted by atomic mass is 9.94. The van der Waals surface area contributed by atoms with Crippen LogP contribution in [0.5, 0.6) is 0 Å². The van der Waals surface area contributed by atoms with E-state index in [0.717, 1.165) is 16.1 Å². The van der Waals surface area contributed by atoms with Crippen LogP contribution < -0.4 is 15.8 Å². The molecule has 0 aliphatic carbocycles. The number of methoxy groups -OCH3 is 2. The standard InChI is InChI=1S/C21H31N3O6S/c1-12-8-13(16(25)26)9-14-15(12)24(23-11-21(4,5)18(28)30-7)19(31-14)22-10-20(2,3)17(27)29-6/h8-9,19,22-23H,10-11H2,1-7H3,(H,25,26). The van der Waals surface area contributed by atoms with Crippen LogP contribution in [0, 0.1) is 17.8 Å². The molecule has 10 heteroatoms. The highest BCUT2D eigenvalue weighted by atomic mass is 32.2. The number of carboxylic acid groups (broad SMARTS) is 1. The van der Waals surface area contributed by atoms with Crippen LogP contribution in [-0.4, -0.2) is 55.8 Å². The average Bonchev–Trinajstić information content (AvgIpc) is 3.07. The molecule has 0 amide bonds. The van der Waals surface area contributed by atoms with Crippen molar-refractivity contribution >= 4 is 35.4 Å². The number of aromatic carboxylic acids is 1. The van der Waals surface area contributed by atoms with E-state index in [4.69, 9.17) is 9.47 Å². The van der Waals surface area contributed by atoms with Gasteiger partial charge in [0.05, 0.1) is 36.3 Å². The third kappa shape index (κ3) is 5.50. The molecular formula is C21H31N3O6S. The van der Waals surface area contributed by atoms with Gasteiger partial charge in [-0.3, -0.25) is 19.9 Å². The van der Waals surface area contributed by atoms with Crippen molar-refractivity contribution in [1.82, 2.24) is 10.7 Å². The maximum Gasteiger partial charge on any atom is 0.335 e. The first kappa shape index (κ1) is 25.0. The summed E-state index contributed by atoms with van der Waals surface area (Å²) >= 11 is 1.44. The summed E-state index contributed by atoms with van der Waals surface area (Å²) in [6.07, 6.45) is 0. The Morgan fingerprint density at radius 2 is 1.61 bits per heavy atom. The number of hydrogen-bond donors (Lipinski definition) is 3. The van der Waals surface area contributed by atoms with Gasteiger partial charge in [-0.25, -0.2) is 10.2 Å². The number of hydrazine groups is 1. The number of rotatable bonds is 9. The summed E-state index contributed by atoms with van der Waals surface area (Å²) in [6.45, 7) is 9.58. The number of thioether (sulfide) groups is 1. The van der Waals surface area contributed by atoms with Crippen LogP contribution in [-0.2, 0) is 19.1 Å². The zero-order valence-corrected chi connectivity index (χ0v) is 19.8. The molecule has 1 atom stereocenters. The van der Waals surface area contributed by atoms with E-state index in [1.54, 1.807) is 39.8 Å². The van der Waals surface area contributed by atoms with Gasteiger partial charge in [0.15, 0.2) is 0 Å². The first-order valence-electron chi connectivity index (χ1n) is 9.81. The third-order valence-corrected chi connectivity index (χ3v) is 6.28. The summed E-state index contributed by atoms with van der Waals surface area (Å²) in [7, 11) is 2.70. The van der Waals surface area contributed by atoms with Gasteiger partial charge in [-0.2, -0.15) is 0 Å². The second-order valence-corrected chi connectivity index (χ2v) is 9.87. The van der Waals surface area contributed by atoms with Crippen molar-refractivity contribution in [1.29, 1.82) is 0 Å². The number of nitrogens with one attached hydrogen (secondary N) is 2. The van der Waals surface area contributed by atoms with Crippen LogP contribution in [0.25, 0.3) is 0 Å². The number of carbonyl (C=O) groups is 3. The highest BCUT2D eigenvalue weighted by Gasteiger charge is 2.37. The molecule has 0 fully saturated rings. The molecule has 3 N–H and O–H groups in total. The van der Waals surface area contributed by atoms with Crippen LogP contribution in [0.3, 0.4) is 0 Å². The van der Waals surface area contributed by atoms with Gasteiger partial charge < -0.3 is 14.6 Å². The monoisotopic (exact) mass is 453 g/mol. The zero-order valence-electron chi connectivity index (χ0n) is 19.0. The van der Waals surface area contributed by atoms with Gasteiger partial charge in [0.25, 0.3) is 0 Å². The molecular weight excluding hydrogens is 422 g/mol. The molecule has 1 aliphatic rings. The van der Waals surface area contributed by atoms with Crippen molar-refractivity contribution in [3.05, 3.63) is 23.3 Å². The summed E-state index contributed by atoms with van der Waals surface area (Å²) in [5.74, 6) is -1.68. The van der Waals surface area contributed by atoms with Crippen LogP contribution >= 0.6 is 11.8 Å². The minimum atomic E-state index is -0.999. The van der Waals surface area contributed by atoms with E-state index >= 15 is 0 Å². The average molecular weight is 454 g/mol. The van der Waals surface area contributed by atoms with E-state index in [1.807, 2.05) is 11.9 Å². The minimum Gasteiger partial charge on any atom is -0.478 e. The van der Waals surface area contributed by atoms with E-state index in [-0.39, 0.29) is 23.0 Å². The number of aryl methyl sites for hydroxylation is 1. The Morgan fingerprint density at radius 3 is 2.13 bits per heavy atom. The predicted molar refractivity (Wildman–Crippen MR) is 118 cm³/mol. The van der Waals surface area contributed by atoms with Gasteiger partial charge >= 0.3 is 17.9 Å². The number of fused-ring (bicyclic) bond motifs is 1. The lowest BCUT2D eigenvalue weighted by Crippen LogP contribution is -2.54. The smallest absolute Gasteiger partial charge is 0.335 e. The third-order valence-electron chi connectivity index (χ3n) is 5.11. The van der Waals surface area contributed by atoms with Gasteiger partial charge in [0.1, 0.15) is 5.50 Å². The fourth-order valence-corrected chi connectivity index (χ4v) is 4.44. The second-order valence-electron chi connectivity index (χ2n) is 8.75. The highest BCUT2D eigenvalue weighted by Crippen LogP contribution is 2.44. The van der Waals surface area contributed by atoms with Crippen molar-refractivity contribution in [3.8, 4) is 0 Å².